The topological polar surface area (TPSA) is 94.5 Å². The van der Waals surface area contributed by atoms with Crippen molar-refractivity contribution in [3.63, 3.8) is 0 Å². The average Bonchev–Trinajstić information content (AvgIpc) is 2.90. The van der Waals surface area contributed by atoms with Gasteiger partial charge in [0.2, 0.25) is 0 Å². The maximum Gasteiger partial charge on any atom is 0.293 e. The summed E-state index contributed by atoms with van der Waals surface area (Å²) in [4.78, 5) is 26.9. The van der Waals surface area contributed by atoms with Gasteiger partial charge < -0.3 is 24.1 Å². The minimum Gasteiger partial charge on any atom is -0.515 e. The number of nitrogens with zero attached hydrogens (tertiary/aromatic N) is 1. The fraction of sp³-hybridized carbons (Fsp3) is 0.448. The first kappa shape index (κ1) is 31.8. The molecule has 1 N–H and O–H groups in total. The Hall–Kier alpha value is -3.20. The third-order valence-electron chi connectivity index (χ3n) is 5.76. The Kier molecular flexibility index (Phi) is 15.6. The third kappa shape index (κ3) is 9.99. The van der Waals surface area contributed by atoms with E-state index in [-0.39, 0.29) is 12.4 Å². The van der Waals surface area contributed by atoms with Gasteiger partial charge >= 0.3 is 0 Å². The molecule has 1 aliphatic carbocycles. The van der Waals surface area contributed by atoms with E-state index in [0.717, 1.165) is 11.8 Å². The highest BCUT2D eigenvalue weighted by atomic mass is 16.5. The van der Waals surface area contributed by atoms with E-state index in [1.54, 1.807) is 46.3 Å². The molecule has 0 aliphatic heterocycles. The summed E-state index contributed by atoms with van der Waals surface area (Å²) in [5, 5.41) is 9.50. The molecule has 1 rings (SSSR count). The highest BCUT2D eigenvalue weighted by molar-refractivity contribution is 6.07. The number of methoxy groups -OCH3 is 2. The van der Waals surface area contributed by atoms with E-state index < -0.39 is 12.0 Å². The molecule has 8 heteroatoms. The van der Waals surface area contributed by atoms with Crippen molar-refractivity contribution in [1.82, 2.24) is 4.90 Å². The van der Waals surface area contributed by atoms with E-state index in [9.17, 15) is 14.7 Å². The molecule has 1 aliphatic rings. The lowest BCUT2D eigenvalue weighted by atomic mass is 9.79. The molecule has 2 unspecified atom stereocenters. The molecule has 0 radical (unpaired) electrons. The van der Waals surface area contributed by atoms with Crippen molar-refractivity contribution in [2.24, 2.45) is 5.92 Å². The minimum atomic E-state index is -0.735. The number of ketones is 1. The van der Waals surface area contributed by atoms with Gasteiger partial charge in [-0.05, 0) is 50.1 Å². The molecular weight excluding hydrogens is 474 g/mol. The first-order chi connectivity index (χ1) is 17.9. The van der Waals surface area contributed by atoms with Gasteiger partial charge in [0.05, 0.1) is 19.5 Å². The zero-order chi connectivity index (χ0) is 27.6. The van der Waals surface area contributed by atoms with Crippen LogP contribution in [0, 0.1) is 5.92 Å². The van der Waals surface area contributed by atoms with Gasteiger partial charge in [0.15, 0.2) is 5.78 Å². The van der Waals surface area contributed by atoms with Gasteiger partial charge in [-0.1, -0.05) is 30.9 Å². The van der Waals surface area contributed by atoms with E-state index in [1.165, 1.54) is 6.08 Å². The van der Waals surface area contributed by atoms with Crippen LogP contribution in [0.3, 0.4) is 0 Å². The van der Waals surface area contributed by atoms with Crippen LogP contribution in [0.4, 0.5) is 0 Å². The SMILES string of the molecule is C=CCOC1=C(CN(CCOC)CCOC)C(OC=O)C(C(=C\C)/C(=C/C(C)=C\O)C(=O)/C=C\C)C=C1. The lowest BCUT2D eigenvalue weighted by Crippen LogP contribution is -2.39. The molecule has 0 aromatic heterocycles. The molecule has 0 bridgehead atoms. The number of carbonyl (C=O) groups is 2. The van der Waals surface area contributed by atoms with E-state index in [4.69, 9.17) is 18.9 Å². The maximum atomic E-state index is 13.1. The number of carbonyl (C=O) groups excluding carboxylic acids is 2. The van der Waals surface area contributed by atoms with Crippen molar-refractivity contribution in [2.45, 2.75) is 26.9 Å². The number of hydrogen-bond acceptors (Lipinski definition) is 8. The highest BCUT2D eigenvalue weighted by Crippen LogP contribution is 2.36. The molecule has 0 saturated carbocycles. The van der Waals surface area contributed by atoms with Gasteiger partial charge in [-0.25, -0.2) is 0 Å². The number of rotatable bonds is 18. The van der Waals surface area contributed by atoms with E-state index >= 15 is 0 Å². The fourth-order valence-corrected chi connectivity index (χ4v) is 3.99. The summed E-state index contributed by atoms with van der Waals surface area (Å²) in [6.07, 6.45) is 12.1. The van der Waals surface area contributed by atoms with Gasteiger partial charge in [-0.2, -0.15) is 0 Å². The Labute approximate surface area is 220 Å². The summed E-state index contributed by atoms with van der Waals surface area (Å²) in [7, 11) is 3.28. The lowest BCUT2D eigenvalue weighted by molar-refractivity contribution is -0.133. The molecule has 0 heterocycles. The van der Waals surface area contributed by atoms with Gasteiger partial charge in [-0.15, -0.1) is 0 Å². The Morgan fingerprint density at radius 3 is 2.38 bits per heavy atom. The van der Waals surface area contributed by atoms with Crippen LogP contribution in [0.15, 0.2) is 83.4 Å². The van der Waals surface area contributed by atoms with Crippen LogP contribution in [0.1, 0.15) is 20.8 Å². The van der Waals surface area contributed by atoms with Gasteiger partial charge in [-0.3, -0.25) is 14.5 Å². The predicted molar refractivity (Wildman–Crippen MR) is 145 cm³/mol. The molecule has 0 saturated heterocycles. The van der Waals surface area contributed by atoms with Crippen LogP contribution in [0.25, 0.3) is 0 Å². The quantitative estimate of drug-likeness (QED) is 0.0952. The molecule has 2 atom stereocenters. The average molecular weight is 516 g/mol. The number of aliphatic hydroxyl groups excluding tert-OH is 1. The number of aliphatic hydroxyl groups is 1. The van der Waals surface area contributed by atoms with Crippen LogP contribution in [0.5, 0.6) is 0 Å². The number of hydrogen-bond donors (Lipinski definition) is 1. The van der Waals surface area contributed by atoms with Gasteiger partial charge in [0.25, 0.3) is 6.47 Å². The summed E-state index contributed by atoms with van der Waals surface area (Å²) in [6.45, 7) is 12.4. The first-order valence-corrected chi connectivity index (χ1v) is 12.2. The summed E-state index contributed by atoms with van der Waals surface area (Å²) >= 11 is 0. The van der Waals surface area contributed by atoms with E-state index in [0.29, 0.717) is 61.8 Å². The Bertz CT molecular complexity index is 932. The molecule has 0 fully saturated rings. The molecular formula is C29H41NO7. The lowest BCUT2D eigenvalue weighted by Gasteiger charge is -2.35. The monoisotopic (exact) mass is 515 g/mol. The molecule has 8 nitrogen and oxygen atoms in total. The van der Waals surface area contributed by atoms with Crippen molar-refractivity contribution in [3.05, 3.63) is 83.4 Å². The van der Waals surface area contributed by atoms with Gasteiger partial charge in [0.1, 0.15) is 18.5 Å². The standard InChI is InChI=1S/C29H41NO7/c1-7-10-27(33)25(18-22(4)20-31)23(9-3)24-11-12-28(36-15-8-2)26(29(24)37-21-32)19-30(13-16-34-5)14-17-35-6/h7-12,18,20-21,24,29,31H,2,13-17,19H2,1,3-6H3/b10-7-,22-20-,23-9+,25-18-. The van der Waals surface area contributed by atoms with Crippen molar-refractivity contribution >= 4 is 12.3 Å². The van der Waals surface area contributed by atoms with Gasteiger partial charge in [0, 0.05) is 50.9 Å². The van der Waals surface area contributed by atoms with Crippen LogP contribution < -0.4 is 0 Å². The second-order valence-electron chi connectivity index (χ2n) is 8.33. The van der Waals surface area contributed by atoms with Crippen LogP contribution in [0.2, 0.25) is 0 Å². The number of ether oxygens (including phenoxy) is 4. The zero-order valence-corrected chi connectivity index (χ0v) is 22.6. The molecule has 0 aromatic carbocycles. The maximum absolute atomic E-state index is 13.1. The van der Waals surface area contributed by atoms with Crippen molar-refractivity contribution < 1.29 is 33.6 Å². The first-order valence-electron chi connectivity index (χ1n) is 12.2. The second-order valence-corrected chi connectivity index (χ2v) is 8.33. The van der Waals surface area contributed by atoms with Crippen molar-refractivity contribution in [2.75, 3.05) is 53.7 Å². The molecule has 204 valence electrons. The fourth-order valence-electron chi connectivity index (χ4n) is 3.99. The van der Waals surface area contributed by atoms with Crippen molar-refractivity contribution in [3.8, 4) is 0 Å². The van der Waals surface area contributed by atoms with Crippen LogP contribution in [-0.2, 0) is 28.5 Å². The largest absolute Gasteiger partial charge is 0.515 e. The number of allylic oxidation sites excluding steroid dienone is 7. The minimum absolute atomic E-state index is 0.226. The van der Waals surface area contributed by atoms with Crippen LogP contribution >= 0.6 is 0 Å². The Balaban J connectivity index is 3.63. The Morgan fingerprint density at radius 2 is 1.86 bits per heavy atom. The molecule has 37 heavy (non-hydrogen) atoms. The smallest absolute Gasteiger partial charge is 0.293 e. The summed E-state index contributed by atoms with van der Waals surface area (Å²) in [5.41, 5.74) is 2.31. The second kappa shape index (κ2) is 18.1. The molecule has 0 spiro atoms. The molecule has 0 aromatic rings. The van der Waals surface area contributed by atoms with E-state index in [1.807, 2.05) is 25.2 Å². The summed E-state index contributed by atoms with van der Waals surface area (Å²) in [5.74, 6) is -0.119. The predicted octanol–water partition coefficient (Wildman–Crippen LogP) is 4.25. The van der Waals surface area contributed by atoms with Crippen LogP contribution in [-0.4, -0.2) is 82.0 Å². The highest BCUT2D eigenvalue weighted by Gasteiger charge is 2.36. The molecule has 0 amide bonds. The Morgan fingerprint density at radius 1 is 1.19 bits per heavy atom. The normalized spacial score (nSPS) is 19.0. The summed E-state index contributed by atoms with van der Waals surface area (Å²) in [6, 6.07) is 0. The zero-order valence-electron chi connectivity index (χ0n) is 22.6. The van der Waals surface area contributed by atoms with Crippen molar-refractivity contribution in [1.29, 1.82) is 0 Å². The summed E-state index contributed by atoms with van der Waals surface area (Å²) < 4.78 is 22.2. The third-order valence-corrected chi connectivity index (χ3v) is 5.76. The van der Waals surface area contributed by atoms with E-state index in [2.05, 4.69) is 11.5 Å².